The molecule has 0 heterocycles. The van der Waals surface area contributed by atoms with Gasteiger partial charge in [0.05, 0.1) is 0 Å². The number of hydrogen-bond donors (Lipinski definition) is 2. The van der Waals surface area contributed by atoms with E-state index in [0.29, 0.717) is 5.56 Å². The van der Waals surface area contributed by atoms with E-state index in [4.69, 9.17) is 10.5 Å². The predicted molar refractivity (Wildman–Crippen MR) is 82.5 cm³/mol. The van der Waals surface area contributed by atoms with Crippen molar-refractivity contribution in [3.05, 3.63) is 35.4 Å². The highest BCUT2D eigenvalue weighted by Gasteiger charge is 2.23. The van der Waals surface area contributed by atoms with Gasteiger partial charge in [0, 0.05) is 12.0 Å². The molecule has 1 atom stereocenters. The minimum absolute atomic E-state index is 0.0371. The van der Waals surface area contributed by atoms with Gasteiger partial charge in [-0.1, -0.05) is 24.3 Å². The SMILES string of the molecule is CC(=O)c1ccc(C[C@H](NC(=O)OC(C)(C)C)C(N)=O)cc1. The molecule has 120 valence electrons. The van der Waals surface area contributed by atoms with Gasteiger partial charge in [-0.15, -0.1) is 0 Å². The van der Waals surface area contributed by atoms with Gasteiger partial charge >= 0.3 is 6.09 Å². The van der Waals surface area contributed by atoms with Gasteiger partial charge in [-0.05, 0) is 33.3 Å². The van der Waals surface area contributed by atoms with Crippen LogP contribution < -0.4 is 11.1 Å². The van der Waals surface area contributed by atoms with Crippen molar-refractivity contribution in [3.63, 3.8) is 0 Å². The summed E-state index contributed by atoms with van der Waals surface area (Å²) in [6.07, 6.45) is -0.469. The fourth-order valence-electron chi connectivity index (χ4n) is 1.78. The van der Waals surface area contributed by atoms with Crippen molar-refractivity contribution in [1.82, 2.24) is 5.32 Å². The molecule has 0 aliphatic heterocycles. The number of rotatable bonds is 5. The molecule has 3 N–H and O–H groups in total. The first kappa shape index (κ1) is 17.7. The summed E-state index contributed by atoms with van der Waals surface area (Å²) in [5.41, 5.74) is 6.02. The van der Waals surface area contributed by atoms with Crippen LogP contribution in [0, 0.1) is 0 Å². The summed E-state index contributed by atoms with van der Waals surface area (Å²) >= 11 is 0. The van der Waals surface area contributed by atoms with Crippen LogP contribution in [0.5, 0.6) is 0 Å². The van der Waals surface area contributed by atoms with Crippen LogP contribution in [-0.4, -0.2) is 29.4 Å². The van der Waals surface area contributed by atoms with Crippen molar-refractivity contribution >= 4 is 17.8 Å². The number of hydrogen-bond acceptors (Lipinski definition) is 4. The van der Waals surface area contributed by atoms with Gasteiger partial charge in [0.25, 0.3) is 0 Å². The number of benzene rings is 1. The number of ketones is 1. The third kappa shape index (κ3) is 5.95. The zero-order chi connectivity index (χ0) is 16.9. The molecule has 6 heteroatoms. The molecule has 0 aliphatic rings. The fraction of sp³-hybridized carbons (Fsp3) is 0.438. The lowest BCUT2D eigenvalue weighted by molar-refractivity contribution is -0.120. The minimum atomic E-state index is -0.877. The standard InChI is InChI=1S/C16H22N2O4/c1-10(19)12-7-5-11(6-8-12)9-13(14(17)20)18-15(21)22-16(2,3)4/h5-8,13H,9H2,1-4H3,(H2,17,20)(H,18,21)/t13-/m0/s1. The van der Waals surface area contributed by atoms with Crippen molar-refractivity contribution in [2.24, 2.45) is 5.73 Å². The van der Waals surface area contributed by atoms with Crippen molar-refractivity contribution in [3.8, 4) is 0 Å². The molecule has 0 fully saturated rings. The van der Waals surface area contributed by atoms with E-state index in [1.165, 1.54) is 6.92 Å². The van der Waals surface area contributed by atoms with Crippen LogP contribution in [0.4, 0.5) is 4.79 Å². The number of ether oxygens (including phenoxy) is 1. The van der Waals surface area contributed by atoms with E-state index in [1.807, 2.05) is 0 Å². The predicted octanol–water partition coefficient (Wildman–Crippen LogP) is 1.81. The van der Waals surface area contributed by atoms with E-state index in [-0.39, 0.29) is 12.2 Å². The summed E-state index contributed by atoms with van der Waals surface area (Å²) in [7, 11) is 0. The Morgan fingerprint density at radius 3 is 2.14 bits per heavy atom. The Morgan fingerprint density at radius 2 is 1.73 bits per heavy atom. The summed E-state index contributed by atoms with van der Waals surface area (Å²) in [6, 6.07) is 5.91. The molecular formula is C16H22N2O4. The maximum absolute atomic E-state index is 11.7. The number of Topliss-reactive ketones (excluding diaryl/α,β-unsaturated/α-hetero) is 1. The number of primary amides is 1. The number of alkyl carbamates (subject to hydrolysis) is 1. The van der Waals surface area contributed by atoms with Crippen molar-refractivity contribution in [1.29, 1.82) is 0 Å². The Bertz CT molecular complexity index is 559. The molecule has 2 amide bonds. The van der Waals surface area contributed by atoms with E-state index < -0.39 is 23.6 Å². The summed E-state index contributed by atoms with van der Waals surface area (Å²) in [5.74, 6) is -0.689. The Kier molecular flexibility index (Phi) is 5.68. The van der Waals surface area contributed by atoms with Crippen LogP contribution in [0.25, 0.3) is 0 Å². The second-order valence-electron chi connectivity index (χ2n) is 6.06. The number of carbonyl (C=O) groups excluding carboxylic acids is 3. The Morgan fingerprint density at radius 1 is 1.18 bits per heavy atom. The average Bonchev–Trinajstić information content (AvgIpc) is 2.36. The first-order valence-corrected chi connectivity index (χ1v) is 6.97. The second kappa shape index (κ2) is 7.06. The van der Waals surface area contributed by atoms with E-state index in [9.17, 15) is 14.4 Å². The van der Waals surface area contributed by atoms with E-state index in [0.717, 1.165) is 5.56 Å². The van der Waals surface area contributed by atoms with Crippen LogP contribution in [0.1, 0.15) is 43.6 Å². The highest BCUT2D eigenvalue weighted by atomic mass is 16.6. The van der Waals surface area contributed by atoms with Gasteiger partial charge in [-0.3, -0.25) is 9.59 Å². The lowest BCUT2D eigenvalue weighted by Gasteiger charge is -2.22. The van der Waals surface area contributed by atoms with Crippen LogP contribution in [0.2, 0.25) is 0 Å². The highest BCUT2D eigenvalue weighted by Crippen LogP contribution is 2.10. The van der Waals surface area contributed by atoms with Gasteiger partial charge in [0.15, 0.2) is 5.78 Å². The van der Waals surface area contributed by atoms with Crippen LogP contribution in [0.3, 0.4) is 0 Å². The number of nitrogens with one attached hydrogen (secondary N) is 1. The van der Waals surface area contributed by atoms with Gasteiger partial charge < -0.3 is 15.8 Å². The molecule has 0 radical (unpaired) electrons. The molecule has 0 aromatic heterocycles. The first-order valence-electron chi connectivity index (χ1n) is 6.97. The molecule has 0 unspecified atom stereocenters. The topological polar surface area (TPSA) is 98.5 Å². The maximum Gasteiger partial charge on any atom is 0.408 e. The normalized spacial score (nSPS) is 12.4. The summed E-state index contributed by atoms with van der Waals surface area (Å²) in [4.78, 5) is 34.4. The molecule has 0 aliphatic carbocycles. The molecule has 0 spiro atoms. The van der Waals surface area contributed by atoms with Crippen LogP contribution >= 0.6 is 0 Å². The lowest BCUT2D eigenvalue weighted by Crippen LogP contribution is -2.47. The number of nitrogens with two attached hydrogens (primary N) is 1. The second-order valence-corrected chi connectivity index (χ2v) is 6.06. The van der Waals surface area contributed by atoms with Gasteiger partial charge in [0.2, 0.25) is 5.91 Å². The van der Waals surface area contributed by atoms with Crippen molar-refractivity contribution in [2.45, 2.75) is 45.8 Å². The molecule has 0 saturated carbocycles. The molecular weight excluding hydrogens is 284 g/mol. The monoisotopic (exact) mass is 306 g/mol. The summed E-state index contributed by atoms with van der Waals surface area (Å²) in [6.45, 7) is 6.66. The molecule has 1 aromatic carbocycles. The van der Waals surface area contributed by atoms with Crippen molar-refractivity contribution < 1.29 is 19.1 Å². The minimum Gasteiger partial charge on any atom is -0.444 e. The molecule has 22 heavy (non-hydrogen) atoms. The Labute approximate surface area is 130 Å². The molecule has 0 bridgehead atoms. The Hall–Kier alpha value is -2.37. The van der Waals surface area contributed by atoms with E-state index >= 15 is 0 Å². The van der Waals surface area contributed by atoms with Crippen LogP contribution in [-0.2, 0) is 16.0 Å². The van der Waals surface area contributed by atoms with Crippen LogP contribution in [0.15, 0.2) is 24.3 Å². The van der Waals surface area contributed by atoms with E-state index in [2.05, 4.69) is 5.32 Å². The third-order valence-corrected chi connectivity index (χ3v) is 2.83. The quantitative estimate of drug-likeness (QED) is 0.810. The van der Waals surface area contributed by atoms with Crippen molar-refractivity contribution in [2.75, 3.05) is 0 Å². The summed E-state index contributed by atoms with van der Waals surface area (Å²) < 4.78 is 5.10. The highest BCUT2D eigenvalue weighted by molar-refractivity contribution is 5.94. The lowest BCUT2D eigenvalue weighted by atomic mass is 10.0. The summed E-state index contributed by atoms with van der Waals surface area (Å²) in [5, 5.41) is 2.46. The van der Waals surface area contributed by atoms with Gasteiger partial charge in [-0.25, -0.2) is 4.79 Å². The molecule has 0 saturated heterocycles. The molecule has 6 nitrogen and oxygen atoms in total. The first-order chi connectivity index (χ1) is 10.1. The zero-order valence-electron chi connectivity index (χ0n) is 13.3. The van der Waals surface area contributed by atoms with E-state index in [1.54, 1.807) is 45.0 Å². The zero-order valence-corrected chi connectivity index (χ0v) is 13.3. The third-order valence-electron chi connectivity index (χ3n) is 2.83. The number of amides is 2. The molecule has 1 aromatic rings. The maximum atomic E-state index is 11.7. The van der Waals surface area contributed by atoms with Gasteiger partial charge in [0.1, 0.15) is 11.6 Å². The fourth-order valence-corrected chi connectivity index (χ4v) is 1.78. The average molecular weight is 306 g/mol. The molecule has 1 rings (SSSR count). The van der Waals surface area contributed by atoms with Gasteiger partial charge in [-0.2, -0.15) is 0 Å². The largest absolute Gasteiger partial charge is 0.444 e. The number of carbonyl (C=O) groups is 3. The Balaban J connectivity index is 2.74. The smallest absolute Gasteiger partial charge is 0.408 e.